The van der Waals surface area contributed by atoms with E-state index in [0.717, 1.165) is 5.56 Å². The molecule has 0 aliphatic carbocycles. The van der Waals surface area contributed by atoms with E-state index in [0.29, 0.717) is 5.17 Å². The third-order valence-corrected chi connectivity index (χ3v) is 4.00. The van der Waals surface area contributed by atoms with Crippen molar-refractivity contribution in [1.82, 2.24) is 5.32 Å². The Hall–Kier alpha value is -1.82. The first-order valence-electron chi connectivity index (χ1n) is 5.94. The highest BCUT2D eigenvalue weighted by Crippen LogP contribution is 2.25. The summed E-state index contributed by atoms with van der Waals surface area (Å²) in [5.41, 5.74) is 0.830. The molecule has 1 amide bonds. The number of benzene rings is 1. The topological polar surface area (TPSA) is 74.1 Å². The third-order valence-electron chi connectivity index (χ3n) is 2.58. The number of carbonyl (C=O) groups is 1. The average molecular weight is 277 g/mol. The van der Waals surface area contributed by atoms with Crippen LogP contribution < -0.4 is 5.32 Å². The molecule has 1 aromatic carbocycles. The second kappa shape index (κ2) is 5.88. The van der Waals surface area contributed by atoms with Crippen molar-refractivity contribution >= 4 is 29.1 Å². The van der Waals surface area contributed by atoms with Crippen molar-refractivity contribution in [2.24, 2.45) is 16.1 Å². The second-order valence-corrected chi connectivity index (χ2v) is 5.64. The van der Waals surface area contributed by atoms with Crippen LogP contribution in [0.2, 0.25) is 0 Å². The number of nitrogens with one attached hydrogen (secondary N) is 1. The molecular formula is C13H15N3O2S. The molecule has 0 bridgehead atoms. The lowest BCUT2D eigenvalue weighted by atomic mass is 10.1. The van der Waals surface area contributed by atoms with E-state index >= 15 is 0 Å². The van der Waals surface area contributed by atoms with Crippen molar-refractivity contribution < 1.29 is 9.90 Å². The van der Waals surface area contributed by atoms with Crippen LogP contribution in [0.4, 0.5) is 0 Å². The predicted molar refractivity (Wildman–Crippen MR) is 77.5 cm³/mol. The maximum Gasteiger partial charge on any atom is 0.239 e. The molecule has 0 spiro atoms. The highest BCUT2D eigenvalue weighted by molar-refractivity contribution is 8.15. The van der Waals surface area contributed by atoms with Gasteiger partial charge in [-0.2, -0.15) is 5.10 Å². The van der Waals surface area contributed by atoms with Gasteiger partial charge in [-0.15, -0.1) is 5.10 Å². The first kappa shape index (κ1) is 13.6. The summed E-state index contributed by atoms with van der Waals surface area (Å²) in [5.74, 6) is 0.458. The van der Waals surface area contributed by atoms with Crippen molar-refractivity contribution in [3.05, 3.63) is 29.8 Å². The molecule has 0 aromatic heterocycles. The Morgan fingerprint density at radius 2 is 2.05 bits per heavy atom. The van der Waals surface area contributed by atoms with Gasteiger partial charge in [0.1, 0.15) is 5.75 Å². The van der Waals surface area contributed by atoms with Gasteiger partial charge in [0, 0.05) is 0 Å². The van der Waals surface area contributed by atoms with E-state index in [4.69, 9.17) is 5.11 Å². The van der Waals surface area contributed by atoms with Crippen LogP contribution in [0.1, 0.15) is 19.4 Å². The van der Waals surface area contributed by atoms with Crippen molar-refractivity contribution in [3.63, 3.8) is 0 Å². The third kappa shape index (κ3) is 3.57. The molecule has 2 N–H and O–H groups in total. The fraction of sp³-hybridized carbons (Fsp3) is 0.308. The second-order valence-electron chi connectivity index (χ2n) is 4.51. The van der Waals surface area contributed by atoms with E-state index in [1.54, 1.807) is 30.5 Å². The van der Waals surface area contributed by atoms with E-state index in [1.165, 1.54) is 11.8 Å². The minimum atomic E-state index is -0.0948. The van der Waals surface area contributed by atoms with E-state index in [1.807, 2.05) is 13.8 Å². The minimum Gasteiger partial charge on any atom is -0.508 e. The van der Waals surface area contributed by atoms with Crippen LogP contribution in [0.3, 0.4) is 0 Å². The van der Waals surface area contributed by atoms with Crippen molar-refractivity contribution in [2.45, 2.75) is 19.1 Å². The lowest BCUT2D eigenvalue weighted by molar-refractivity contribution is -0.119. The van der Waals surface area contributed by atoms with E-state index in [-0.39, 0.29) is 22.8 Å². The SMILES string of the molecule is CC(C)C1S/C(=N/N=C/c2ccc(O)cc2)NC1=O. The van der Waals surface area contributed by atoms with Gasteiger partial charge in [-0.1, -0.05) is 25.6 Å². The lowest BCUT2D eigenvalue weighted by Gasteiger charge is -2.07. The van der Waals surface area contributed by atoms with Crippen LogP contribution in [0.25, 0.3) is 0 Å². The van der Waals surface area contributed by atoms with Gasteiger partial charge < -0.3 is 10.4 Å². The molecule has 1 atom stereocenters. The quantitative estimate of drug-likeness (QED) is 0.655. The summed E-state index contributed by atoms with van der Waals surface area (Å²) >= 11 is 1.40. The number of hydrogen-bond donors (Lipinski definition) is 2. The molecular weight excluding hydrogens is 262 g/mol. The molecule has 1 heterocycles. The number of amides is 1. The van der Waals surface area contributed by atoms with Gasteiger partial charge >= 0.3 is 0 Å². The Balaban J connectivity index is 2.00. The van der Waals surface area contributed by atoms with Gasteiger partial charge in [-0.05, 0) is 35.7 Å². The Labute approximate surface area is 115 Å². The number of phenols is 1. The Kier molecular flexibility index (Phi) is 4.21. The molecule has 6 heteroatoms. The maximum absolute atomic E-state index is 11.6. The number of amidine groups is 1. The number of rotatable bonds is 3. The normalized spacial score (nSPS) is 21.5. The summed E-state index contributed by atoms with van der Waals surface area (Å²) in [4.78, 5) is 11.6. The van der Waals surface area contributed by atoms with Crippen LogP contribution in [-0.2, 0) is 4.79 Å². The highest BCUT2D eigenvalue weighted by Gasteiger charge is 2.32. The Bertz CT molecular complexity index is 523. The number of aromatic hydroxyl groups is 1. The molecule has 1 saturated heterocycles. The summed E-state index contributed by atoms with van der Waals surface area (Å²) in [6.07, 6.45) is 1.57. The maximum atomic E-state index is 11.6. The number of nitrogens with zero attached hydrogens (tertiary/aromatic N) is 2. The van der Waals surface area contributed by atoms with Crippen LogP contribution in [-0.4, -0.2) is 27.6 Å². The minimum absolute atomic E-state index is 0.0152. The molecule has 1 aliphatic rings. The van der Waals surface area contributed by atoms with Crippen molar-refractivity contribution in [3.8, 4) is 5.75 Å². The summed E-state index contributed by atoms with van der Waals surface area (Å²) in [6.45, 7) is 4.00. The van der Waals surface area contributed by atoms with Gasteiger partial charge in [0.15, 0.2) is 5.17 Å². The first-order chi connectivity index (χ1) is 9.06. The van der Waals surface area contributed by atoms with Gasteiger partial charge in [0.2, 0.25) is 5.91 Å². The summed E-state index contributed by atoms with van der Waals surface area (Å²) in [6, 6.07) is 6.62. The molecule has 19 heavy (non-hydrogen) atoms. The monoisotopic (exact) mass is 277 g/mol. The van der Waals surface area contributed by atoms with Gasteiger partial charge in [-0.3, -0.25) is 4.79 Å². The Morgan fingerprint density at radius 3 is 2.63 bits per heavy atom. The number of hydrogen-bond acceptors (Lipinski definition) is 5. The van der Waals surface area contributed by atoms with Gasteiger partial charge in [-0.25, -0.2) is 0 Å². The van der Waals surface area contributed by atoms with Gasteiger partial charge in [0.25, 0.3) is 0 Å². The van der Waals surface area contributed by atoms with Crippen LogP contribution in [0.15, 0.2) is 34.5 Å². The van der Waals surface area contributed by atoms with Crippen LogP contribution in [0.5, 0.6) is 5.75 Å². The molecule has 1 aliphatic heterocycles. The van der Waals surface area contributed by atoms with Crippen LogP contribution >= 0.6 is 11.8 Å². The van der Waals surface area contributed by atoms with E-state index < -0.39 is 0 Å². The van der Waals surface area contributed by atoms with Crippen LogP contribution in [0, 0.1) is 5.92 Å². The molecule has 1 unspecified atom stereocenters. The van der Waals surface area contributed by atoms with Gasteiger partial charge in [0.05, 0.1) is 11.5 Å². The summed E-state index contributed by atoms with van der Waals surface area (Å²) in [5, 5.41) is 20.2. The molecule has 100 valence electrons. The zero-order chi connectivity index (χ0) is 13.8. The molecule has 1 aromatic rings. The summed E-state index contributed by atoms with van der Waals surface area (Å²) in [7, 11) is 0. The predicted octanol–water partition coefficient (Wildman–Crippen LogP) is 1.97. The number of phenolic OH excluding ortho intramolecular Hbond substituents is 1. The number of carbonyl (C=O) groups excluding carboxylic acids is 1. The smallest absolute Gasteiger partial charge is 0.239 e. The zero-order valence-electron chi connectivity index (χ0n) is 10.7. The molecule has 5 nitrogen and oxygen atoms in total. The standard InChI is InChI=1S/C13H15N3O2S/c1-8(2)11-12(18)15-13(19-11)16-14-7-9-3-5-10(17)6-4-9/h3-8,11,17H,1-2H3,(H,15,16,18)/b14-7+. The zero-order valence-corrected chi connectivity index (χ0v) is 11.5. The lowest BCUT2D eigenvalue weighted by Crippen LogP contribution is -2.27. The molecule has 2 rings (SSSR count). The number of thioether (sulfide) groups is 1. The fourth-order valence-electron chi connectivity index (χ4n) is 1.58. The fourth-order valence-corrected chi connectivity index (χ4v) is 2.51. The largest absolute Gasteiger partial charge is 0.508 e. The Morgan fingerprint density at radius 1 is 1.37 bits per heavy atom. The molecule has 1 fully saturated rings. The van der Waals surface area contributed by atoms with E-state index in [2.05, 4.69) is 15.5 Å². The van der Waals surface area contributed by atoms with Crippen molar-refractivity contribution in [2.75, 3.05) is 0 Å². The van der Waals surface area contributed by atoms with E-state index in [9.17, 15) is 4.79 Å². The molecule has 0 radical (unpaired) electrons. The summed E-state index contributed by atoms with van der Waals surface area (Å²) < 4.78 is 0. The molecule has 0 saturated carbocycles. The first-order valence-corrected chi connectivity index (χ1v) is 6.82. The van der Waals surface area contributed by atoms with Crippen molar-refractivity contribution in [1.29, 1.82) is 0 Å². The highest BCUT2D eigenvalue weighted by atomic mass is 32.2. The average Bonchev–Trinajstić information content (AvgIpc) is 2.73.